The zero-order valence-corrected chi connectivity index (χ0v) is 18.5. The number of rotatable bonds is 7. The summed E-state index contributed by atoms with van der Waals surface area (Å²) < 4.78 is 6.03. The normalized spacial score (nSPS) is 24.8. The monoisotopic (exact) mass is 390 g/mol. The van der Waals surface area contributed by atoms with Gasteiger partial charge in [-0.2, -0.15) is 0 Å². The number of ether oxygens (including phenoxy) is 1. The van der Waals surface area contributed by atoms with Gasteiger partial charge in [0.2, 0.25) is 0 Å². The Labute approximate surface area is 170 Å². The number of carboxylic acids is 1. The average molecular weight is 391 g/mol. The summed E-state index contributed by atoms with van der Waals surface area (Å²) in [5.74, 6) is -1.37. The zero-order valence-electron chi connectivity index (χ0n) is 18.5. The van der Waals surface area contributed by atoms with Crippen molar-refractivity contribution >= 4 is 11.9 Å². The maximum absolute atomic E-state index is 13.2. The highest BCUT2D eigenvalue weighted by atomic mass is 16.6. The summed E-state index contributed by atoms with van der Waals surface area (Å²) in [6.45, 7) is 12.3. The largest absolute Gasteiger partial charge is 0.481 e. The molecule has 0 amide bonds. The lowest BCUT2D eigenvalue weighted by Gasteiger charge is -2.43. The fourth-order valence-electron chi connectivity index (χ4n) is 4.76. The lowest BCUT2D eigenvalue weighted by Crippen LogP contribution is -2.45. The minimum Gasteiger partial charge on any atom is -0.481 e. The summed E-state index contributed by atoms with van der Waals surface area (Å²) >= 11 is 0. The molecule has 2 aliphatic rings. The van der Waals surface area contributed by atoms with Crippen LogP contribution in [0.4, 0.5) is 0 Å². The summed E-state index contributed by atoms with van der Waals surface area (Å²) in [6, 6.07) is 0. The molecule has 0 aliphatic heterocycles. The topological polar surface area (TPSA) is 63.6 Å². The molecule has 0 aromatic carbocycles. The fraction of sp³-hybridized carbons (Fsp3) is 0.750. The van der Waals surface area contributed by atoms with Crippen molar-refractivity contribution in [1.82, 2.24) is 0 Å². The van der Waals surface area contributed by atoms with Gasteiger partial charge in [-0.05, 0) is 77.6 Å². The molecule has 0 aromatic heterocycles. The van der Waals surface area contributed by atoms with Crippen molar-refractivity contribution in [3.05, 3.63) is 23.3 Å². The van der Waals surface area contributed by atoms with Crippen LogP contribution < -0.4 is 0 Å². The molecule has 1 N–H and O–H groups in total. The summed E-state index contributed by atoms with van der Waals surface area (Å²) in [5, 5.41) is 9.49. The third kappa shape index (κ3) is 5.48. The van der Waals surface area contributed by atoms with E-state index in [2.05, 4.69) is 26.0 Å². The molecule has 158 valence electrons. The van der Waals surface area contributed by atoms with Gasteiger partial charge in [0.1, 0.15) is 5.60 Å². The number of carbonyl (C=O) groups is 2. The van der Waals surface area contributed by atoms with E-state index in [1.54, 1.807) is 0 Å². The predicted octanol–water partition coefficient (Wildman–Crippen LogP) is 5.92. The molecule has 2 rings (SSSR count). The highest BCUT2D eigenvalue weighted by Gasteiger charge is 2.45. The molecule has 0 fully saturated rings. The van der Waals surface area contributed by atoms with Crippen molar-refractivity contribution in [2.45, 2.75) is 92.1 Å². The van der Waals surface area contributed by atoms with Crippen molar-refractivity contribution in [2.75, 3.05) is 0 Å². The van der Waals surface area contributed by atoms with Gasteiger partial charge in [0, 0.05) is 5.92 Å². The van der Waals surface area contributed by atoms with Crippen LogP contribution in [0, 0.1) is 23.2 Å². The molecule has 0 spiro atoms. The number of hydrogen-bond acceptors (Lipinski definition) is 3. The first-order valence-corrected chi connectivity index (χ1v) is 10.7. The van der Waals surface area contributed by atoms with Gasteiger partial charge >= 0.3 is 11.9 Å². The summed E-state index contributed by atoms with van der Waals surface area (Å²) in [5.41, 5.74) is 1.76. The van der Waals surface area contributed by atoms with Crippen molar-refractivity contribution in [3.8, 4) is 0 Å². The maximum Gasteiger partial charge on any atom is 0.310 e. The van der Waals surface area contributed by atoms with Crippen LogP contribution in [0.2, 0.25) is 0 Å². The standard InChI is InChI=1S/C24H38O4/c1-16-7-11-18(12-8-16)23(3,4)20(15-21(25)26)22(27)28-24(5,6)19-13-9-17(2)10-14-19/h7,9,18-20H,8,10-15H2,1-6H3,(H,25,26). The van der Waals surface area contributed by atoms with Crippen LogP contribution in [0.5, 0.6) is 0 Å². The first-order valence-electron chi connectivity index (χ1n) is 10.7. The molecule has 4 heteroatoms. The molecule has 28 heavy (non-hydrogen) atoms. The number of carboxylic acid groups (broad SMARTS) is 1. The molecule has 4 nitrogen and oxygen atoms in total. The molecule has 0 radical (unpaired) electrons. The number of hydrogen-bond donors (Lipinski definition) is 1. The van der Waals surface area contributed by atoms with E-state index in [1.165, 1.54) is 11.1 Å². The van der Waals surface area contributed by atoms with Gasteiger partial charge in [0.25, 0.3) is 0 Å². The van der Waals surface area contributed by atoms with Crippen molar-refractivity contribution in [3.63, 3.8) is 0 Å². The van der Waals surface area contributed by atoms with Gasteiger partial charge in [-0.3, -0.25) is 9.59 Å². The second kappa shape index (κ2) is 8.84. The van der Waals surface area contributed by atoms with E-state index >= 15 is 0 Å². The van der Waals surface area contributed by atoms with Crippen LogP contribution in [0.1, 0.15) is 86.5 Å². The lowest BCUT2D eigenvalue weighted by atomic mass is 9.64. The average Bonchev–Trinajstić information content (AvgIpc) is 2.59. The fourth-order valence-corrected chi connectivity index (χ4v) is 4.76. The van der Waals surface area contributed by atoms with Crippen molar-refractivity contribution in [1.29, 1.82) is 0 Å². The van der Waals surface area contributed by atoms with E-state index in [4.69, 9.17) is 4.74 Å². The van der Waals surface area contributed by atoms with Crippen molar-refractivity contribution < 1.29 is 19.4 Å². The molecule has 0 saturated heterocycles. The molecule has 0 aromatic rings. The van der Waals surface area contributed by atoms with E-state index in [0.29, 0.717) is 0 Å². The highest BCUT2D eigenvalue weighted by Crippen LogP contribution is 2.45. The second-order valence-corrected chi connectivity index (χ2v) is 10.0. The van der Waals surface area contributed by atoms with Crippen LogP contribution >= 0.6 is 0 Å². The van der Waals surface area contributed by atoms with Gasteiger partial charge in [-0.25, -0.2) is 0 Å². The third-order valence-electron chi connectivity index (χ3n) is 7.24. The first-order chi connectivity index (χ1) is 12.9. The minimum absolute atomic E-state index is 0.176. The number of esters is 1. The Kier molecular flexibility index (Phi) is 7.17. The second-order valence-electron chi connectivity index (χ2n) is 10.0. The summed E-state index contributed by atoms with van der Waals surface area (Å²) in [7, 11) is 0. The zero-order chi connectivity index (χ0) is 21.1. The van der Waals surface area contributed by atoms with Gasteiger partial charge in [0.05, 0.1) is 12.3 Å². The molecule has 2 aliphatic carbocycles. The van der Waals surface area contributed by atoms with Crippen LogP contribution in [-0.4, -0.2) is 22.6 Å². The van der Waals surface area contributed by atoms with Crippen LogP contribution in [-0.2, 0) is 14.3 Å². The maximum atomic E-state index is 13.2. The van der Waals surface area contributed by atoms with E-state index in [-0.39, 0.29) is 24.2 Å². The van der Waals surface area contributed by atoms with E-state index in [1.807, 2.05) is 27.7 Å². The Morgan fingerprint density at radius 3 is 1.96 bits per heavy atom. The number of carbonyl (C=O) groups excluding carboxylic acids is 1. The third-order valence-corrected chi connectivity index (χ3v) is 7.24. The van der Waals surface area contributed by atoms with Gasteiger partial charge in [0.15, 0.2) is 0 Å². The van der Waals surface area contributed by atoms with Gasteiger partial charge in [-0.15, -0.1) is 0 Å². The molecule has 0 heterocycles. The molecule has 0 saturated carbocycles. The first kappa shape index (κ1) is 22.7. The Bertz CT molecular complexity index is 654. The molecular weight excluding hydrogens is 352 g/mol. The number of allylic oxidation sites excluding steroid dienone is 4. The molecule has 3 atom stereocenters. The quantitative estimate of drug-likeness (QED) is 0.433. The highest BCUT2D eigenvalue weighted by molar-refractivity contribution is 5.80. The van der Waals surface area contributed by atoms with Crippen LogP contribution in [0.25, 0.3) is 0 Å². The Morgan fingerprint density at radius 1 is 1.04 bits per heavy atom. The van der Waals surface area contributed by atoms with Gasteiger partial charge in [-0.1, -0.05) is 37.1 Å². The lowest BCUT2D eigenvalue weighted by molar-refractivity contribution is -0.176. The van der Waals surface area contributed by atoms with Crippen LogP contribution in [0.3, 0.4) is 0 Å². The predicted molar refractivity (Wildman–Crippen MR) is 112 cm³/mol. The SMILES string of the molecule is CC1=CCC(C(C)(C)OC(=O)C(CC(=O)O)C(C)(C)C2CC=C(C)CC2)CC1. The summed E-state index contributed by atoms with van der Waals surface area (Å²) in [4.78, 5) is 24.8. The smallest absolute Gasteiger partial charge is 0.310 e. The minimum atomic E-state index is -0.938. The van der Waals surface area contributed by atoms with E-state index < -0.39 is 22.9 Å². The Morgan fingerprint density at radius 2 is 1.54 bits per heavy atom. The molecular formula is C24H38O4. The number of aliphatic carboxylic acids is 1. The van der Waals surface area contributed by atoms with Crippen LogP contribution in [0.15, 0.2) is 23.3 Å². The van der Waals surface area contributed by atoms with E-state index in [0.717, 1.165) is 38.5 Å². The molecule has 0 bridgehead atoms. The molecule has 3 unspecified atom stereocenters. The Hall–Kier alpha value is -1.58. The Balaban J connectivity index is 2.17. The van der Waals surface area contributed by atoms with E-state index in [9.17, 15) is 14.7 Å². The van der Waals surface area contributed by atoms with Gasteiger partial charge < -0.3 is 9.84 Å². The summed E-state index contributed by atoms with van der Waals surface area (Å²) in [6.07, 6.45) is 10.1. The van der Waals surface area contributed by atoms with Crippen molar-refractivity contribution in [2.24, 2.45) is 23.2 Å².